The molecule has 0 bridgehead atoms. The summed E-state index contributed by atoms with van der Waals surface area (Å²) >= 11 is 0. The van der Waals surface area contributed by atoms with Gasteiger partial charge in [-0.2, -0.15) is 0 Å². The van der Waals surface area contributed by atoms with Crippen molar-refractivity contribution in [3.8, 4) is 0 Å². The first kappa shape index (κ1) is 16.1. The molecule has 2 saturated heterocycles. The maximum atomic E-state index is 12.7. The van der Waals surface area contributed by atoms with Crippen LogP contribution in [0.5, 0.6) is 0 Å². The summed E-state index contributed by atoms with van der Waals surface area (Å²) in [7, 11) is 0. The van der Waals surface area contributed by atoms with Gasteiger partial charge in [-0.25, -0.2) is 0 Å². The molecule has 1 aromatic carbocycles. The van der Waals surface area contributed by atoms with Crippen molar-refractivity contribution < 1.29 is 19.5 Å². The molecule has 1 aromatic rings. The molecule has 0 spiro atoms. The van der Waals surface area contributed by atoms with Gasteiger partial charge in [0.25, 0.3) is 5.91 Å². The van der Waals surface area contributed by atoms with Crippen LogP contribution in [0, 0.1) is 5.92 Å². The molecule has 4 rings (SSSR count). The van der Waals surface area contributed by atoms with E-state index in [0.29, 0.717) is 24.4 Å². The Labute approximate surface area is 145 Å². The van der Waals surface area contributed by atoms with Crippen LogP contribution in [0.1, 0.15) is 35.2 Å². The molecule has 2 fully saturated rings. The third kappa shape index (κ3) is 2.78. The van der Waals surface area contributed by atoms with E-state index in [-0.39, 0.29) is 30.7 Å². The van der Waals surface area contributed by atoms with Gasteiger partial charge in [-0.1, -0.05) is 0 Å². The minimum atomic E-state index is -0.577. The van der Waals surface area contributed by atoms with E-state index in [1.165, 1.54) is 0 Å². The molecule has 1 unspecified atom stereocenters. The van der Waals surface area contributed by atoms with Crippen molar-refractivity contribution in [2.24, 2.45) is 5.92 Å². The van der Waals surface area contributed by atoms with E-state index in [2.05, 4.69) is 10.2 Å². The maximum absolute atomic E-state index is 12.7. The third-order valence-corrected chi connectivity index (χ3v) is 5.42. The highest BCUT2D eigenvalue weighted by atomic mass is 16.3. The molecule has 2 atom stereocenters. The fourth-order valence-electron chi connectivity index (χ4n) is 3.97. The second-order valence-corrected chi connectivity index (χ2v) is 7.02. The van der Waals surface area contributed by atoms with Gasteiger partial charge in [0, 0.05) is 49.8 Å². The normalized spacial score (nSPS) is 26.2. The Hall–Kier alpha value is -2.41. The van der Waals surface area contributed by atoms with Crippen molar-refractivity contribution in [3.63, 3.8) is 0 Å². The van der Waals surface area contributed by atoms with Crippen molar-refractivity contribution in [2.75, 3.05) is 24.6 Å². The van der Waals surface area contributed by atoms with Crippen LogP contribution in [0.2, 0.25) is 0 Å². The summed E-state index contributed by atoms with van der Waals surface area (Å²) < 4.78 is 0. The van der Waals surface area contributed by atoms with Gasteiger partial charge < -0.3 is 14.9 Å². The van der Waals surface area contributed by atoms with Gasteiger partial charge in [-0.15, -0.1) is 0 Å². The van der Waals surface area contributed by atoms with Crippen LogP contribution in [-0.2, 0) is 16.1 Å². The highest BCUT2D eigenvalue weighted by Gasteiger charge is 2.39. The molecule has 0 saturated carbocycles. The number of anilines is 1. The number of nitrogens with one attached hydrogen (secondary N) is 1. The van der Waals surface area contributed by atoms with Crippen molar-refractivity contribution in [1.82, 2.24) is 10.2 Å². The van der Waals surface area contributed by atoms with Gasteiger partial charge in [0.05, 0.1) is 0 Å². The number of hydrogen-bond donors (Lipinski definition) is 2. The molecule has 3 heterocycles. The van der Waals surface area contributed by atoms with Crippen molar-refractivity contribution in [1.29, 1.82) is 0 Å². The summed E-state index contributed by atoms with van der Waals surface area (Å²) in [5.74, 6) is -0.510. The van der Waals surface area contributed by atoms with Crippen LogP contribution >= 0.6 is 0 Å². The zero-order valence-electron chi connectivity index (χ0n) is 13.9. The number of rotatable bonds is 3. The summed E-state index contributed by atoms with van der Waals surface area (Å²) in [6, 6.07) is 5.20. The van der Waals surface area contributed by atoms with Crippen LogP contribution in [0.25, 0.3) is 0 Å². The zero-order valence-corrected chi connectivity index (χ0v) is 13.9. The summed E-state index contributed by atoms with van der Waals surface area (Å²) in [4.78, 5) is 39.9. The number of carbonyl (C=O) groups excluding carboxylic acids is 3. The Morgan fingerprint density at radius 2 is 2.04 bits per heavy atom. The Morgan fingerprint density at radius 1 is 1.20 bits per heavy atom. The summed E-state index contributed by atoms with van der Waals surface area (Å²) in [6.45, 7) is 2.31. The lowest BCUT2D eigenvalue weighted by Crippen LogP contribution is -2.52. The number of amides is 3. The SMILES string of the molecule is O=C1CCC(N2Cc3cc(N4CC[C@@H](CO)C4)ccc3C2=O)C(=O)N1. The Kier molecular flexibility index (Phi) is 3.95. The van der Waals surface area contributed by atoms with Crippen molar-refractivity contribution in [3.05, 3.63) is 29.3 Å². The Bertz CT molecular complexity index is 748. The topological polar surface area (TPSA) is 90.0 Å². The zero-order chi connectivity index (χ0) is 17.6. The highest BCUT2D eigenvalue weighted by Crippen LogP contribution is 2.32. The number of aliphatic hydroxyl groups is 1. The Balaban J connectivity index is 1.53. The van der Waals surface area contributed by atoms with E-state index in [1.807, 2.05) is 18.2 Å². The number of fused-ring (bicyclic) bond motifs is 1. The molecule has 0 aromatic heterocycles. The second-order valence-electron chi connectivity index (χ2n) is 7.02. The van der Waals surface area contributed by atoms with Gasteiger partial charge in [-0.3, -0.25) is 19.7 Å². The van der Waals surface area contributed by atoms with E-state index < -0.39 is 6.04 Å². The molecular formula is C18H21N3O4. The second kappa shape index (κ2) is 6.15. The minimum absolute atomic E-state index is 0.147. The molecule has 0 aliphatic carbocycles. The van der Waals surface area contributed by atoms with Gasteiger partial charge in [-0.05, 0) is 36.6 Å². The van der Waals surface area contributed by atoms with E-state index in [0.717, 1.165) is 30.8 Å². The lowest BCUT2D eigenvalue weighted by Gasteiger charge is -2.29. The van der Waals surface area contributed by atoms with E-state index in [1.54, 1.807) is 4.90 Å². The van der Waals surface area contributed by atoms with E-state index in [4.69, 9.17) is 0 Å². The molecule has 7 heteroatoms. The summed E-state index contributed by atoms with van der Waals surface area (Å²) in [6.07, 6.45) is 1.61. The molecule has 7 nitrogen and oxygen atoms in total. The standard InChI is InChI=1S/C18H21N3O4/c22-10-11-5-6-20(8-11)13-1-2-14-12(7-13)9-21(18(14)25)15-3-4-16(23)19-17(15)24/h1-2,7,11,15,22H,3-6,8-10H2,(H,19,23,24)/t11-,15?/m1/s1. The fraction of sp³-hybridized carbons (Fsp3) is 0.500. The molecule has 3 aliphatic heterocycles. The molecule has 25 heavy (non-hydrogen) atoms. The largest absolute Gasteiger partial charge is 0.396 e. The third-order valence-electron chi connectivity index (χ3n) is 5.42. The van der Waals surface area contributed by atoms with Gasteiger partial charge in [0.1, 0.15) is 6.04 Å². The van der Waals surface area contributed by atoms with E-state index >= 15 is 0 Å². The van der Waals surface area contributed by atoms with Crippen molar-refractivity contribution in [2.45, 2.75) is 31.8 Å². The number of hydrogen-bond acceptors (Lipinski definition) is 5. The molecule has 2 N–H and O–H groups in total. The summed E-state index contributed by atoms with van der Waals surface area (Å²) in [5.41, 5.74) is 2.60. The number of carbonyl (C=O) groups is 3. The number of nitrogens with zero attached hydrogens (tertiary/aromatic N) is 2. The Morgan fingerprint density at radius 3 is 2.76 bits per heavy atom. The predicted octanol–water partition coefficient (Wildman–Crippen LogP) is 0.266. The smallest absolute Gasteiger partial charge is 0.255 e. The molecule has 3 amide bonds. The molecule has 0 radical (unpaired) electrons. The monoisotopic (exact) mass is 343 g/mol. The molecular weight excluding hydrogens is 322 g/mol. The fourth-order valence-corrected chi connectivity index (χ4v) is 3.97. The number of benzene rings is 1. The van der Waals surface area contributed by atoms with Gasteiger partial charge in [0.15, 0.2) is 0 Å². The van der Waals surface area contributed by atoms with Crippen LogP contribution in [0.4, 0.5) is 5.69 Å². The van der Waals surface area contributed by atoms with E-state index in [9.17, 15) is 19.5 Å². The molecule has 3 aliphatic rings. The summed E-state index contributed by atoms with van der Waals surface area (Å²) in [5, 5.41) is 11.6. The molecule has 132 valence electrons. The first-order valence-electron chi connectivity index (χ1n) is 8.70. The number of imide groups is 1. The quantitative estimate of drug-likeness (QED) is 0.769. The first-order valence-corrected chi connectivity index (χ1v) is 8.70. The number of piperidine rings is 1. The van der Waals surface area contributed by atoms with Gasteiger partial charge >= 0.3 is 0 Å². The predicted molar refractivity (Wildman–Crippen MR) is 89.9 cm³/mol. The van der Waals surface area contributed by atoms with Crippen LogP contribution in [-0.4, -0.2) is 53.5 Å². The average Bonchev–Trinajstić information content (AvgIpc) is 3.20. The lowest BCUT2D eigenvalue weighted by atomic mass is 10.0. The van der Waals surface area contributed by atoms with Crippen LogP contribution < -0.4 is 10.2 Å². The highest BCUT2D eigenvalue weighted by molar-refractivity contribution is 6.05. The average molecular weight is 343 g/mol. The minimum Gasteiger partial charge on any atom is -0.396 e. The number of aliphatic hydroxyl groups excluding tert-OH is 1. The van der Waals surface area contributed by atoms with Crippen LogP contribution in [0.15, 0.2) is 18.2 Å². The van der Waals surface area contributed by atoms with Gasteiger partial charge in [0.2, 0.25) is 11.8 Å². The lowest BCUT2D eigenvalue weighted by molar-refractivity contribution is -0.136. The maximum Gasteiger partial charge on any atom is 0.255 e. The first-order chi connectivity index (χ1) is 12.1. The van der Waals surface area contributed by atoms with Crippen LogP contribution in [0.3, 0.4) is 0 Å². The van der Waals surface area contributed by atoms with Crippen molar-refractivity contribution >= 4 is 23.4 Å².